The van der Waals surface area contributed by atoms with E-state index in [0.717, 1.165) is 0 Å². The van der Waals surface area contributed by atoms with E-state index in [9.17, 15) is 7.61 Å². The molecule has 6 N–H and O–H groups in total. The van der Waals surface area contributed by atoms with Crippen LogP contribution in [0.25, 0.3) is 0 Å². The van der Waals surface area contributed by atoms with Crippen LogP contribution in [0.1, 0.15) is 0 Å². The zero-order valence-corrected chi connectivity index (χ0v) is 8.51. The summed E-state index contributed by atoms with van der Waals surface area (Å²) in [7, 11) is -1.42. The van der Waals surface area contributed by atoms with Gasteiger partial charge in [0.15, 0.2) is 0 Å². The van der Waals surface area contributed by atoms with Gasteiger partial charge >= 0.3 is 50.7 Å². The molecule has 0 aliphatic rings. The number of hydrogen-bond donors (Lipinski definition) is 0. The average molecular weight is 216 g/mol. The van der Waals surface area contributed by atoms with Gasteiger partial charge in [0, 0.05) is 0 Å². The summed E-state index contributed by atoms with van der Waals surface area (Å²) in [6, 6.07) is 0. The van der Waals surface area contributed by atoms with Crippen molar-refractivity contribution in [3.05, 3.63) is 0 Å². The third-order valence-corrected chi connectivity index (χ3v) is 1.00. The molecule has 0 saturated heterocycles. The minimum atomic E-state index is -1.42. The van der Waals surface area contributed by atoms with E-state index in [1.807, 2.05) is 0 Å². The van der Waals surface area contributed by atoms with Gasteiger partial charge in [0.2, 0.25) is 0 Å². The molecule has 0 aromatic rings. The Bertz CT molecular complexity index is 88.3. The maximum atomic E-state index is 9.21. The Morgan fingerprint density at radius 3 is 1.09 bits per heavy atom. The Morgan fingerprint density at radius 2 is 1.09 bits per heavy atom. The third kappa shape index (κ3) is 145. The summed E-state index contributed by atoms with van der Waals surface area (Å²) >= 11 is -2.48. The van der Waals surface area contributed by atoms with Crippen molar-refractivity contribution in [3.8, 4) is 0 Å². The Kier molecular flexibility index (Phi) is 136. The van der Waals surface area contributed by atoms with Crippen LogP contribution in [0, 0.1) is 0 Å². The summed E-state index contributed by atoms with van der Waals surface area (Å²) < 4.78 is 39.1. The van der Waals surface area contributed by atoms with E-state index in [1.165, 1.54) is 0 Å². The van der Waals surface area contributed by atoms with Crippen molar-refractivity contribution < 1.29 is 35.8 Å². The van der Waals surface area contributed by atoms with E-state index in [4.69, 9.17) is 8.92 Å². The molecule has 0 fully saturated rings. The van der Waals surface area contributed by atoms with Crippen LogP contribution in [0.2, 0.25) is 0 Å². The quantitative estimate of drug-likeness (QED) is 0.425. The molecule has 0 aromatic carbocycles. The third-order valence-electron chi connectivity index (χ3n) is 0.111. The number of hydrogen-bond acceptors (Lipinski definition) is 5. The Morgan fingerprint density at radius 1 is 0.909 bits per heavy atom. The van der Waals surface area contributed by atoms with Crippen LogP contribution in [-0.4, -0.2) is 56.7 Å². The molecule has 11 heteroatoms. The molecular formula is H6Al2O8Si. The molecular weight excluding hydrogens is 210 g/mol. The first-order valence-electron chi connectivity index (χ1n) is 1.35. The molecule has 0 spiro atoms. The molecule has 0 rings (SSSR count). The molecule has 11 heavy (non-hydrogen) atoms. The van der Waals surface area contributed by atoms with Gasteiger partial charge < -0.3 is 16.4 Å². The van der Waals surface area contributed by atoms with Gasteiger partial charge in [-0.1, -0.05) is 0 Å². The van der Waals surface area contributed by atoms with E-state index >= 15 is 0 Å². The van der Waals surface area contributed by atoms with Crippen molar-refractivity contribution in [2.45, 2.75) is 0 Å². The molecule has 0 saturated carbocycles. The van der Waals surface area contributed by atoms with Crippen molar-refractivity contribution in [2.24, 2.45) is 0 Å². The van der Waals surface area contributed by atoms with E-state index in [2.05, 4.69) is 2.84 Å². The molecule has 0 heterocycles. The van der Waals surface area contributed by atoms with Crippen molar-refractivity contribution in [2.75, 3.05) is 0 Å². The van der Waals surface area contributed by atoms with Gasteiger partial charge in [0.05, 0.1) is 0 Å². The zero-order valence-electron chi connectivity index (χ0n) is 5.20. The van der Waals surface area contributed by atoms with Gasteiger partial charge in [0.1, 0.15) is 0 Å². The van der Waals surface area contributed by atoms with E-state index in [1.54, 1.807) is 0 Å². The zero-order chi connectivity index (χ0) is 6.83. The van der Waals surface area contributed by atoms with E-state index < -0.39 is 40.3 Å². The SMILES string of the molecule is O.O.O.O=[Si]=O.[O]=[Al][O][Al]=[O]. The summed E-state index contributed by atoms with van der Waals surface area (Å²) in [5.41, 5.74) is 0. The van der Waals surface area contributed by atoms with Crippen LogP contribution in [-0.2, 0) is 19.4 Å². The van der Waals surface area contributed by atoms with Crippen molar-refractivity contribution in [3.63, 3.8) is 0 Å². The summed E-state index contributed by atoms with van der Waals surface area (Å²) in [4.78, 5) is 0. The first-order valence-corrected chi connectivity index (χ1v) is 4.05. The molecule has 8 nitrogen and oxygen atoms in total. The Labute approximate surface area is 76.3 Å². The van der Waals surface area contributed by atoms with Crippen LogP contribution in [0.3, 0.4) is 0 Å². The van der Waals surface area contributed by atoms with Gasteiger partial charge in [-0.05, 0) is 0 Å². The maximum absolute atomic E-state index is 9.21. The summed E-state index contributed by atoms with van der Waals surface area (Å²) in [5.74, 6) is 0. The van der Waals surface area contributed by atoms with Gasteiger partial charge in [-0.25, -0.2) is 0 Å². The standard InChI is InChI=1S/2Al.O2Si.3H2O.3O/c;;1-3-2;;;;;;/h;;;3*1H2;;;. The van der Waals surface area contributed by atoms with Crippen LogP contribution in [0.15, 0.2) is 0 Å². The van der Waals surface area contributed by atoms with Crippen LogP contribution in [0.5, 0.6) is 0 Å². The fourth-order valence-electron chi connectivity index (χ4n) is 0.0227. The molecule has 0 aromatic heterocycles. The van der Waals surface area contributed by atoms with Gasteiger partial charge in [-0.15, -0.1) is 0 Å². The average Bonchev–Trinajstić information content (AvgIpc) is 1.71. The molecule has 0 bridgehead atoms. The molecule has 0 radical (unpaired) electrons. The van der Waals surface area contributed by atoms with E-state index in [0.29, 0.717) is 0 Å². The Balaban J connectivity index is -0.0000000183. The second kappa shape index (κ2) is 49.2. The molecule has 0 atom stereocenters. The van der Waals surface area contributed by atoms with Crippen molar-refractivity contribution >= 4 is 40.3 Å². The van der Waals surface area contributed by atoms with Gasteiger partial charge in [-0.2, -0.15) is 0 Å². The summed E-state index contributed by atoms with van der Waals surface area (Å²) in [6.07, 6.45) is 0. The first-order chi connectivity index (χ1) is 3.83. The normalized spacial score (nSPS) is 2.55. The van der Waals surface area contributed by atoms with Crippen molar-refractivity contribution in [1.29, 1.82) is 0 Å². The second-order valence-corrected chi connectivity index (χ2v) is 2.05. The molecule has 0 amide bonds. The van der Waals surface area contributed by atoms with Crippen LogP contribution in [0.4, 0.5) is 0 Å². The predicted molar refractivity (Wildman–Crippen MR) is 31.9 cm³/mol. The van der Waals surface area contributed by atoms with Gasteiger partial charge in [-0.3, -0.25) is 8.92 Å². The van der Waals surface area contributed by atoms with Gasteiger partial charge in [0.25, 0.3) is 0 Å². The minimum absolute atomic E-state index is 0. The summed E-state index contributed by atoms with van der Waals surface area (Å²) in [6.45, 7) is 0. The Hall–Kier alpha value is 0.162. The monoisotopic (exact) mass is 216 g/mol. The van der Waals surface area contributed by atoms with E-state index in [-0.39, 0.29) is 16.4 Å². The number of rotatable bonds is 2. The fraction of sp³-hybridized carbons (Fsp3) is 0. The fourth-order valence-corrected chi connectivity index (χ4v) is 0.204. The van der Waals surface area contributed by atoms with Crippen LogP contribution >= 0.6 is 0 Å². The predicted octanol–water partition coefficient (Wildman–Crippen LogP) is -4.16. The van der Waals surface area contributed by atoms with Crippen molar-refractivity contribution in [1.82, 2.24) is 0 Å². The molecule has 0 unspecified atom stereocenters. The molecule has 0 aliphatic heterocycles. The topological polar surface area (TPSA) is 172 Å². The van der Waals surface area contributed by atoms with Crippen LogP contribution < -0.4 is 0 Å². The second-order valence-electron chi connectivity index (χ2n) is 0.412. The molecule has 64 valence electrons. The first kappa shape index (κ1) is 30.4. The molecule has 0 aliphatic carbocycles. The summed E-state index contributed by atoms with van der Waals surface area (Å²) in [5, 5.41) is 0.